The molecule has 0 spiro atoms. The third-order valence-corrected chi connectivity index (χ3v) is 5.79. The molecule has 3 rings (SSSR count). The molecule has 2 aromatic rings. The van der Waals surface area contributed by atoms with Crippen molar-refractivity contribution in [1.29, 1.82) is 0 Å². The van der Waals surface area contributed by atoms with Gasteiger partial charge in [-0.15, -0.1) is 0 Å². The molecule has 1 aliphatic heterocycles. The monoisotopic (exact) mass is 474 g/mol. The number of likely N-dealkylation sites (tertiary alicyclic amines) is 1. The first-order chi connectivity index (χ1) is 15.7. The Balaban J connectivity index is 2.21. The van der Waals surface area contributed by atoms with E-state index in [4.69, 9.17) is 25.8 Å². The lowest BCUT2D eigenvalue weighted by molar-refractivity contribution is -0.140. The van der Waals surface area contributed by atoms with Gasteiger partial charge in [0.2, 0.25) is 0 Å². The minimum atomic E-state index is -0.813. The lowest BCUT2D eigenvalue weighted by atomic mass is 9.95. The highest BCUT2D eigenvalue weighted by Crippen LogP contribution is 2.42. The van der Waals surface area contributed by atoms with Crippen LogP contribution in [0.25, 0.3) is 5.76 Å². The van der Waals surface area contributed by atoms with Crippen molar-refractivity contribution in [3.8, 4) is 17.2 Å². The Morgan fingerprint density at radius 3 is 2.27 bits per heavy atom. The van der Waals surface area contributed by atoms with Crippen LogP contribution in [0.1, 0.15) is 17.2 Å². The van der Waals surface area contributed by atoms with E-state index in [0.717, 1.165) is 0 Å². The zero-order chi connectivity index (χ0) is 24.3. The summed E-state index contributed by atoms with van der Waals surface area (Å²) in [5.74, 6) is -0.463. The second-order valence-corrected chi connectivity index (χ2v) is 8.17. The van der Waals surface area contributed by atoms with Crippen molar-refractivity contribution in [2.45, 2.75) is 6.04 Å². The molecule has 0 bridgehead atoms. The second-order valence-electron chi connectivity index (χ2n) is 7.76. The van der Waals surface area contributed by atoms with E-state index in [-0.39, 0.29) is 17.9 Å². The molecule has 1 amide bonds. The molecule has 0 radical (unpaired) electrons. The second kappa shape index (κ2) is 10.1. The fourth-order valence-electron chi connectivity index (χ4n) is 3.75. The highest BCUT2D eigenvalue weighted by Gasteiger charge is 2.46. The summed E-state index contributed by atoms with van der Waals surface area (Å²) in [6, 6.07) is 8.99. The summed E-state index contributed by atoms with van der Waals surface area (Å²) < 4.78 is 16.0. The van der Waals surface area contributed by atoms with Gasteiger partial charge in [-0.25, -0.2) is 0 Å². The Morgan fingerprint density at radius 2 is 1.67 bits per heavy atom. The average Bonchev–Trinajstić information content (AvgIpc) is 3.06. The zero-order valence-corrected chi connectivity index (χ0v) is 20.0. The molecule has 1 atom stereocenters. The molecule has 1 unspecified atom stereocenters. The van der Waals surface area contributed by atoms with Crippen LogP contribution >= 0.6 is 11.6 Å². The largest absolute Gasteiger partial charge is 0.507 e. The predicted octanol–water partition coefficient (Wildman–Crippen LogP) is 3.35. The minimum Gasteiger partial charge on any atom is -0.507 e. The van der Waals surface area contributed by atoms with Crippen LogP contribution in [-0.2, 0) is 9.59 Å². The quantitative estimate of drug-likeness (QED) is 0.356. The van der Waals surface area contributed by atoms with Crippen molar-refractivity contribution >= 4 is 29.1 Å². The number of aliphatic hydroxyl groups is 1. The molecular formula is C24H27ClN2O6. The van der Waals surface area contributed by atoms with Gasteiger partial charge in [0.1, 0.15) is 11.5 Å². The Bertz CT molecular complexity index is 1100. The Labute approximate surface area is 197 Å². The number of amides is 1. The predicted molar refractivity (Wildman–Crippen MR) is 125 cm³/mol. The van der Waals surface area contributed by atoms with Crippen LogP contribution < -0.4 is 14.2 Å². The fraction of sp³-hybridized carbons (Fsp3) is 0.333. The molecule has 33 heavy (non-hydrogen) atoms. The first kappa shape index (κ1) is 24.4. The Hall–Kier alpha value is -3.23. The summed E-state index contributed by atoms with van der Waals surface area (Å²) in [7, 11) is 8.23. The number of hydrogen-bond donors (Lipinski definition) is 1. The molecule has 0 aromatic heterocycles. The fourth-order valence-corrected chi connectivity index (χ4v) is 3.95. The number of carbonyl (C=O) groups is 2. The molecule has 176 valence electrons. The lowest BCUT2D eigenvalue weighted by Crippen LogP contribution is -2.35. The molecule has 1 N–H and O–H groups in total. The Morgan fingerprint density at radius 1 is 1.00 bits per heavy atom. The SMILES string of the molecule is COc1cc(/C(O)=C2/C(=O)C(=O)N(CCN(C)C)C2c2ccc(OC)c(OC)c2)ccc1Cl. The van der Waals surface area contributed by atoms with Crippen molar-refractivity contribution in [3.05, 3.63) is 58.1 Å². The molecular weight excluding hydrogens is 448 g/mol. The Kier molecular flexibility index (Phi) is 7.50. The highest BCUT2D eigenvalue weighted by molar-refractivity contribution is 6.46. The molecule has 1 fully saturated rings. The van der Waals surface area contributed by atoms with E-state index in [1.165, 1.54) is 32.3 Å². The van der Waals surface area contributed by atoms with E-state index < -0.39 is 17.7 Å². The van der Waals surface area contributed by atoms with E-state index in [1.54, 1.807) is 30.3 Å². The maximum absolute atomic E-state index is 13.1. The van der Waals surface area contributed by atoms with Gasteiger partial charge in [0.25, 0.3) is 11.7 Å². The number of carbonyl (C=O) groups excluding carboxylic acids is 2. The number of ether oxygens (including phenoxy) is 3. The van der Waals surface area contributed by atoms with Crippen molar-refractivity contribution in [2.75, 3.05) is 48.5 Å². The minimum absolute atomic E-state index is 0.0182. The van der Waals surface area contributed by atoms with Crippen LogP contribution in [-0.4, -0.2) is 75.1 Å². The van der Waals surface area contributed by atoms with E-state index in [0.29, 0.717) is 39.9 Å². The number of ketones is 1. The molecule has 2 aromatic carbocycles. The molecule has 0 aliphatic carbocycles. The third kappa shape index (κ3) is 4.77. The first-order valence-electron chi connectivity index (χ1n) is 10.2. The molecule has 1 heterocycles. The number of rotatable bonds is 8. The molecule has 1 aliphatic rings. The van der Waals surface area contributed by atoms with Crippen LogP contribution in [0.3, 0.4) is 0 Å². The molecule has 1 saturated heterocycles. The third-order valence-electron chi connectivity index (χ3n) is 5.48. The van der Waals surface area contributed by atoms with Gasteiger partial charge in [0, 0.05) is 18.7 Å². The normalized spacial score (nSPS) is 17.5. The van der Waals surface area contributed by atoms with Gasteiger partial charge in [-0.1, -0.05) is 17.7 Å². The molecule has 0 saturated carbocycles. The van der Waals surface area contributed by atoms with Crippen molar-refractivity contribution in [2.24, 2.45) is 0 Å². The number of hydrogen-bond acceptors (Lipinski definition) is 7. The van der Waals surface area contributed by atoms with Gasteiger partial charge in [-0.05, 0) is 50.0 Å². The summed E-state index contributed by atoms with van der Waals surface area (Å²) in [6.45, 7) is 0.822. The maximum Gasteiger partial charge on any atom is 0.295 e. The number of benzene rings is 2. The van der Waals surface area contributed by atoms with Gasteiger partial charge >= 0.3 is 0 Å². The number of halogens is 1. The standard InChI is InChI=1S/C24H27ClN2O6/c1-26(2)10-11-27-21(14-7-9-17(31-3)19(12-14)33-5)20(23(29)24(27)30)22(28)15-6-8-16(25)18(13-15)32-4/h6-9,12-13,21,28H,10-11H2,1-5H3/b22-20-. The van der Waals surface area contributed by atoms with E-state index in [1.807, 2.05) is 19.0 Å². The average molecular weight is 475 g/mol. The van der Waals surface area contributed by atoms with E-state index in [9.17, 15) is 14.7 Å². The van der Waals surface area contributed by atoms with Gasteiger partial charge in [-0.3, -0.25) is 9.59 Å². The van der Waals surface area contributed by atoms with Gasteiger partial charge in [0.15, 0.2) is 11.5 Å². The lowest BCUT2D eigenvalue weighted by Gasteiger charge is -2.27. The van der Waals surface area contributed by atoms with Crippen LogP contribution in [0.5, 0.6) is 17.2 Å². The van der Waals surface area contributed by atoms with Crippen LogP contribution in [0.2, 0.25) is 5.02 Å². The summed E-state index contributed by atoms with van der Waals surface area (Å²) in [6.07, 6.45) is 0. The summed E-state index contributed by atoms with van der Waals surface area (Å²) in [4.78, 5) is 29.5. The number of Topliss-reactive ketones (excluding diaryl/α,β-unsaturated/α-hetero) is 1. The summed E-state index contributed by atoms with van der Waals surface area (Å²) >= 11 is 6.11. The smallest absolute Gasteiger partial charge is 0.295 e. The number of methoxy groups -OCH3 is 3. The van der Waals surface area contributed by atoms with Gasteiger partial charge in [-0.2, -0.15) is 0 Å². The summed E-state index contributed by atoms with van der Waals surface area (Å²) in [5.41, 5.74) is 0.899. The van der Waals surface area contributed by atoms with Gasteiger partial charge in [0.05, 0.1) is 38.0 Å². The molecule has 8 nitrogen and oxygen atoms in total. The van der Waals surface area contributed by atoms with E-state index >= 15 is 0 Å². The highest BCUT2D eigenvalue weighted by atomic mass is 35.5. The van der Waals surface area contributed by atoms with Crippen LogP contribution in [0.15, 0.2) is 42.0 Å². The topological polar surface area (TPSA) is 88.5 Å². The van der Waals surface area contributed by atoms with Crippen molar-refractivity contribution in [1.82, 2.24) is 9.80 Å². The van der Waals surface area contributed by atoms with Crippen LogP contribution in [0.4, 0.5) is 0 Å². The van der Waals surface area contributed by atoms with E-state index in [2.05, 4.69) is 0 Å². The summed E-state index contributed by atoms with van der Waals surface area (Å²) in [5, 5.41) is 11.5. The molecule has 9 heteroatoms. The van der Waals surface area contributed by atoms with Crippen LogP contribution in [0, 0.1) is 0 Å². The first-order valence-corrected chi connectivity index (χ1v) is 10.6. The van der Waals surface area contributed by atoms with Gasteiger partial charge < -0.3 is 29.1 Å². The number of likely N-dealkylation sites (N-methyl/N-ethyl adjacent to an activating group) is 1. The zero-order valence-electron chi connectivity index (χ0n) is 19.2. The van der Waals surface area contributed by atoms with Crippen molar-refractivity contribution < 1.29 is 28.9 Å². The number of nitrogens with zero attached hydrogens (tertiary/aromatic N) is 2. The van der Waals surface area contributed by atoms with Crippen molar-refractivity contribution in [3.63, 3.8) is 0 Å². The maximum atomic E-state index is 13.1. The number of aliphatic hydroxyl groups excluding tert-OH is 1.